The molecule has 316 valence electrons. The Balaban J connectivity index is 2.53. The Morgan fingerprint density at radius 1 is 0.556 bits per heavy atom. The molecule has 13 nitrogen and oxygen atoms in total. The van der Waals surface area contributed by atoms with Crippen LogP contribution in [-0.4, -0.2) is 98.3 Å². The number of rotatable bonds is 33. The summed E-state index contributed by atoms with van der Waals surface area (Å²) in [5.41, 5.74) is 0. The van der Waals surface area contributed by atoms with Crippen molar-refractivity contribution in [2.45, 2.75) is 204 Å². The van der Waals surface area contributed by atoms with Gasteiger partial charge in [0.15, 0.2) is 6.10 Å². The fraction of sp³-hybridized carbons (Fsp3) is 0.850. The monoisotopic (exact) mass is 792 g/mol. The summed E-state index contributed by atoms with van der Waals surface area (Å²) in [4.78, 5) is 35.5. The Morgan fingerprint density at radius 2 is 0.944 bits per heavy atom. The molecule has 1 aliphatic carbocycles. The minimum Gasteiger partial charge on any atom is -0.462 e. The van der Waals surface area contributed by atoms with Crippen LogP contribution in [0.4, 0.5) is 0 Å². The third kappa shape index (κ3) is 24.1. The van der Waals surface area contributed by atoms with Gasteiger partial charge in [0.2, 0.25) is 0 Å². The summed E-state index contributed by atoms with van der Waals surface area (Å²) in [6, 6.07) is 0. The lowest BCUT2D eigenvalue weighted by molar-refractivity contribution is -0.220. The summed E-state index contributed by atoms with van der Waals surface area (Å²) in [5.74, 6) is -1.12. The zero-order valence-corrected chi connectivity index (χ0v) is 33.9. The number of hydrogen-bond acceptors (Lipinski definition) is 12. The van der Waals surface area contributed by atoms with E-state index >= 15 is 0 Å². The molecule has 0 bridgehead atoms. The van der Waals surface area contributed by atoms with E-state index in [1.165, 1.54) is 44.9 Å². The van der Waals surface area contributed by atoms with Gasteiger partial charge >= 0.3 is 19.8 Å². The van der Waals surface area contributed by atoms with Crippen LogP contribution in [0.1, 0.15) is 162 Å². The highest BCUT2D eigenvalue weighted by Crippen LogP contribution is 2.47. The summed E-state index contributed by atoms with van der Waals surface area (Å²) in [6.45, 7) is 3.21. The first-order valence-electron chi connectivity index (χ1n) is 20.6. The molecule has 0 aromatic rings. The third-order valence-corrected chi connectivity index (χ3v) is 10.5. The van der Waals surface area contributed by atoms with E-state index in [1.807, 2.05) is 0 Å². The van der Waals surface area contributed by atoms with Gasteiger partial charge in [-0.25, -0.2) is 4.57 Å². The molecule has 0 spiro atoms. The number of phosphoric ester groups is 1. The topological polar surface area (TPSA) is 210 Å². The molecule has 8 atom stereocenters. The second-order valence-corrected chi connectivity index (χ2v) is 15.9. The predicted molar refractivity (Wildman–Crippen MR) is 207 cm³/mol. The van der Waals surface area contributed by atoms with E-state index < -0.39 is 75.7 Å². The van der Waals surface area contributed by atoms with Crippen LogP contribution in [0.15, 0.2) is 24.3 Å². The zero-order chi connectivity index (χ0) is 40.0. The van der Waals surface area contributed by atoms with Gasteiger partial charge in [-0.3, -0.25) is 18.6 Å². The highest BCUT2D eigenvalue weighted by atomic mass is 31.2. The van der Waals surface area contributed by atoms with E-state index in [1.54, 1.807) is 0 Å². The first kappa shape index (κ1) is 50.3. The smallest absolute Gasteiger partial charge is 0.462 e. The van der Waals surface area contributed by atoms with E-state index in [-0.39, 0.29) is 12.8 Å². The largest absolute Gasteiger partial charge is 0.472 e. The van der Waals surface area contributed by atoms with Gasteiger partial charge < -0.3 is 39.9 Å². The Bertz CT molecular complexity index is 1050. The Kier molecular flexibility index (Phi) is 29.3. The van der Waals surface area contributed by atoms with Crippen LogP contribution >= 0.6 is 7.82 Å². The number of aliphatic hydroxyl groups is 5. The van der Waals surface area contributed by atoms with E-state index in [4.69, 9.17) is 18.5 Å². The lowest BCUT2D eigenvalue weighted by Crippen LogP contribution is -2.64. The van der Waals surface area contributed by atoms with Gasteiger partial charge in [0.05, 0.1) is 6.61 Å². The second-order valence-electron chi connectivity index (χ2n) is 14.5. The van der Waals surface area contributed by atoms with Gasteiger partial charge in [-0.2, -0.15) is 0 Å². The van der Waals surface area contributed by atoms with Crippen molar-refractivity contribution in [1.29, 1.82) is 0 Å². The summed E-state index contributed by atoms with van der Waals surface area (Å²) >= 11 is 0. The number of hydrogen-bond donors (Lipinski definition) is 6. The zero-order valence-electron chi connectivity index (χ0n) is 33.0. The van der Waals surface area contributed by atoms with Gasteiger partial charge in [0, 0.05) is 12.8 Å². The van der Waals surface area contributed by atoms with E-state index in [2.05, 4.69) is 38.2 Å². The van der Waals surface area contributed by atoms with E-state index in [0.29, 0.717) is 12.8 Å². The SMILES string of the molecule is CCCCC/C=C\CCCCCCCC(=O)OC[C@H](COP(=O)(O)OC1C(O)C(O)C(O)[C@@H](O)C1O)OC(=O)CCCCCCC/C=C\CCCCCC. The number of unbranched alkanes of at least 4 members (excludes halogenated alkanes) is 17. The summed E-state index contributed by atoms with van der Waals surface area (Å²) in [5, 5.41) is 50.0. The minimum absolute atomic E-state index is 0.0859. The predicted octanol–water partition coefficient (Wildman–Crippen LogP) is 6.89. The summed E-state index contributed by atoms with van der Waals surface area (Å²) in [7, 11) is -5.11. The van der Waals surface area contributed by atoms with Gasteiger partial charge in [0.1, 0.15) is 43.2 Å². The number of phosphoric acid groups is 1. The molecule has 1 saturated carbocycles. The number of carbonyl (C=O) groups is 2. The first-order chi connectivity index (χ1) is 25.9. The number of aliphatic hydroxyl groups excluding tert-OH is 5. The van der Waals surface area contributed by atoms with Crippen molar-refractivity contribution in [2.24, 2.45) is 0 Å². The van der Waals surface area contributed by atoms with Gasteiger partial charge in [0.25, 0.3) is 0 Å². The van der Waals surface area contributed by atoms with Crippen molar-refractivity contribution in [2.75, 3.05) is 13.2 Å². The fourth-order valence-corrected chi connectivity index (χ4v) is 7.07. The average Bonchev–Trinajstić information content (AvgIpc) is 3.15. The maximum atomic E-state index is 12.8. The van der Waals surface area contributed by atoms with Crippen LogP contribution < -0.4 is 0 Å². The highest BCUT2D eigenvalue weighted by Gasteiger charge is 2.51. The number of carbonyl (C=O) groups excluding carboxylic acids is 2. The van der Waals surface area contributed by atoms with Crippen molar-refractivity contribution in [3.8, 4) is 0 Å². The molecule has 0 saturated heterocycles. The average molecular weight is 793 g/mol. The van der Waals surface area contributed by atoms with Crippen LogP contribution in [0.5, 0.6) is 0 Å². The van der Waals surface area contributed by atoms with Crippen molar-refractivity contribution in [1.82, 2.24) is 0 Å². The van der Waals surface area contributed by atoms with Gasteiger partial charge in [-0.05, 0) is 64.2 Å². The normalized spacial score (nSPS) is 23.5. The van der Waals surface area contributed by atoms with Gasteiger partial charge in [-0.15, -0.1) is 0 Å². The van der Waals surface area contributed by atoms with Gasteiger partial charge in [-0.1, -0.05) is 109 Å². The molecule has 0 aromatic heterocycles. The van der Waals surface area contributed by atoms with E-state index in [0.717, 1.165) is 77.0 Å². The maximum absolute atomic E-state index is 12.8. The van der Waals surface area contributed by atoms with Crippen molar-refractivity contribution in [3.63, 3.8) is 0 Å². The van der Waals surface area contributed by atoms with Crippen molar-refractivity contribution >= 4 is 19.8 Å². The number of allylic oxidation sites excluding steroid dienone is 4. The third-order valence-electron chi connectivity index (χ3n) is 9.52. The Labute approximate surface area is 324 Å². The molecule has 0 heterocycles. The molecule has 0 radical (unpaired) electrons. The minimum atomic E-state index is -5.11. The van der Waals surface area contributed by atoms with Crippen molar-refractivity contribution in [3.05, 3.63) is 24.3 Å². The molecule has 1 fully saturated rings. The lowest BCUT2D eigenvalue weighted by Gasteiger charge is -2.41. The number of esters is 2. The lowest BCUT2D eigenvalue weighted by atomic mass is 9.85. The molecular weight excluding hydrogens is 719 g/mol. The molecule has 6 N–H and O–H groups in total. The maximum Gasteiger partial charge on any atom is 0.472 e. The van der Waals surface area contributed by atoms with E-state index in [9.17, 15) is 44.6 Å². The number of ether oxygens (including phenoxy) is 2. The molecule has 1 aliphatic rings. The molecule has 1 rings (SSSR count). The first-order valence-corrected chi connectivity index (χ1v) is 22.1. The standard InChI is InChI=1S/C40H73O13P/c1-3-5-7-9-11-13-15-17-19-21-23-25-27-29-34(42)52-32(30-50-33(41)28-26-24-22-20-18-16-14-12-10-8-6-4-2)31-51-54(48,49)53-40-38(46)36(44)35(43)37(45)39(40)47/h12-15,32,35-40,43-47H,3-11,16-31H2,1-2H3,(H,48,49)/b14-12-,15-13-/t32-,35?,36-,37?,38?,39?,40?/m1/s1. The summed E-state index contributed by atoms with van der Waals surface area (Å²) < 4.78 is 33.4. The summed E-state index contributed by atoms with van der Waals surface area (Å²) in [6.07, 6.45) is 18.2. The molecule has 0 amide bonds. The highest BCUT2D eigenvalue weighted by molar-refractivity contribution is 7.47. The van der Waals surface area contributed by atoms with Crippen LogP contribution in [0.25, 0.3) is 0 Å². The molecule has 0 aromatic carbocycles. The molecule has 14 heteroatoms. The van der Waals surface area contributed by atoms with Crippen LogP contribution in [0, 0.1) is 0 Å². The van der Waals surface area contributed by atoms with Crippen LogP contribution in [0.2, 0.25) is 0 Å². The van der Waals surface area contributed by atoms with Crippen molar-refractivity contribution < 1.29 is 63.1 Å². The fourth-order valence-electron chi connectivity index (χ4n) is 6.10. The molecule has 54 heavy (non-hydrogen) atoms. The molecule has 0 aliphatic heterocycles. The Hall–Kier alpha value is -1.67. The molecular formula is C40H73O13P. The Morgan fingerprint density at radius 3 is 1.44 bits per heavy atom. The van der Waals surface area contributed by atoms with Crippen LogP contribution in [0.3, 0.4) is 0 Å². The second kappa shape index (κ2) is 31.4. The molecule has 6 unspecified atom stereocenters. The van der Waals surface area contributed by atoms with Crippen LogP contribution in [-0.2, 0) is 32.7 Å². The quantitative estimate of drug-likeness (QED) is 0.0173.